The number of ether oxygens (including phenoxy) is 1. The summed E-state index contributed by atoms with van der Waals surface area (Å²) < 4.78 is 7.32. The predicted molar refractivity (Wildman–Crippen MR) is 95.6 cm³/mol. The molecule has 3 nitrogen and oxygen atoms in total. The lowest BCUT2D eigenvalue weighted by Gasteiger charge is -2.18. The highest BCUT2D eigenvalue weighted by atomic mass is 16.5. The lowest BCUT2D eigenvalue weighted by molar-refractivity contribution is 0.0977. The number of aryl methyl sites for hydroxylation is 1. The van der Waals surface area contributed by atoms with Crippen molar-refractivity contribution in [2.45, 2.75) is 12.3 Å². The third kappa shape index (κ3) is 3.40. The summed E-state index contributed by atoms with van der Waals surface area (Å²) in [6, 6.07) is 21.5. The van der Waals surface area contributed by atoms with E-state index >= 15 is 0 Å². The molecule has 0 aliphatic heterocycles. The molecule has 1 heterocycles. The second kappa shape index (κ2) is 7.18. The van der Waals surface area contributed by atoms with E-state index in [2.05, 4.69) is 10.6 Å². The second-order valence-corrected chi connectivity index (χ2v) is 5.86. The summed E-state index contributed by atoms with van der Waals surface area (Å²) in [4.78, 5) is 12.7. The monoisotopic (exact) mass is 319 g/mol. The molecule has 0 amide bonds. The van der Waals surface area contributed by atoms with Gasteiger partial charge >= 0.3 is 0 Å². The molecule has 0 saturated carbocycles. The van der Waals surface area contributed by atoms with Crippen molar-refractivity contribution in [1.82, 2.24) is 4.57 Å². The van der Waals surface area contributed by atoms with E-state index in [4.69, 9.17) is 4.74 Å². The molecule has 0 bridgehead atoms. The Bertz CT molecular complexity index is 803. The number of rotatable bonds is 6. The number of ketones is 1. The van der Waals surface area contributed by atoms with Crippen molar-refractivity contribution in [3.63, 3.8) is 0 Å². The van der Waals surface area contributed by atoms with Gasteiger partial charge in [-0.15, -0.1) is 0 Å². The lowest BCUT2D eigenvalue weighted by atomic mass is 9.89. The van der Waals surface area contributed by atoms with E-state index in [9.17, 15) is 4.79 Å². The van der Waals surface area contributed by atoms with Gasteiger partial charge in [0.05, 0.1) is 7.11 Å². The fraction of sp³-hybridized carbons (Fsp3) is 0.190. The van der Waals surface area contributed by atoms with E-state index in [0.29, 0.717) is 6.42 Å². The average Bonchev–Trinajstić information content (AvgIpc) is 3.06. The summed E-state index contributed by atoms with van der Waals surface area (Å²) in [5.74, 6) is 0.986. The summed E-state index contributed by atoms with van der Waals surface area (Å²) in [5.41, 5.74) is 3.00. The normalized spacial score (nSPS) is 11.9. The number of hydrogen-bond donors (Lipinski definition) is 0. The van der Waals surface area contributed by atoms with Crippen LogP contribution in [0.5, 0.6) is 5.75 Å². The molecule has 0 N–H and O–H groups in total. The van der Waals surface area contributed by atoms with Gasteiger partial charge in [-0.2, -0.15) is 0 Å². The van der Waals surface area contributed by atoms with Crippen LogP contribution in [-0.4, -0.2) is 17.5 Å². The lowest BCUT2D eigenvalue weighted by Crippen LogP contribution is -2.12. The molecule has 24 heavy (non-hydrogen) atoms. The molecule has 1 unspecified atom stereocenters. The number of nitrogens with zero attached hydrogens (tertiary/aromatic N) is 1. The minimum absolute atomic E-state index is 0.0172. The van der Waals surface area contributed by atoms with Crippen molar-refractivity contribution in [3.8, 4) is 5.75 Å². The molecular weight excluding hydrogens is 298 g/mol. The van der Waals surface area contributed by atoms with Crippen molar-refractivity contribution < 1.29 is 9.53 Å². The maximum atomic E-state index is 12.7. The first-order chi connectivity index (χ1) is 11.7. The van der Waals surface area contributed by atoms with Crippen LogP contribution in [0.2, 0.25) is 0 Å². The van der Waals surface area contributed by atoms with Crippen molar-refractivity contribution in [2.75, 3.05) is 7.11 Å². The Hall–Kier alpha value is -2.81. The Morgan fingerprint density at radius 2 is 1.71 bits per heavy atom. The van der Waals surface area contributed by atoms with Gasteiger partial charge in [0.25, 0.3) is 0 Å². The fourth-order valence-corrected chi connectivity index (χ4v) is 2.99. The third-order valence-corrected chi connectivity index (χ3v) is 4.34. The molecule has 0 saturated heterocycles. The Kier molecular flexibility index (Phi) is 4.80. The van der Waals surface area contributed by atoms with Crippen molar-refractivity contribution >= 4 is 5.78 Å². The maximum Gasteiger partial charge on any atom is 0.163 e. The second-order valence-electron chi connectivity index (χ2n) is 5.86. The Balaban J connectivity index is 1.93. The largest absolute Gasteiger partial charge is 0.497 e. The van der Waals surface area contributed by atoms with Gasteiger partial charge in [0, 0.05) is 36.8 Å². The molecule has 0 aliphatic rings. The number of benzene rings is 2. The van der Waals surface area contributed by atoms with E-state index in [1.807, 2.05) is 73.9 Å². The van der Waals surface area contributed by atoms with Crippen molar-refractivity contribution in [3.05, 3.63) is 89.7 Å². The highest BCUT2D eigenvalue weighted by Crippen LogP contribution is 2.30. The van der Waals surface area contributed by atoms with Gasteiger partial charge < -0.3 is 9.30 Å². The number of Topliss-reactive ketones (excluding diaryl/α,β-unsaturated/α-hetero) is 1. The first-order valence-corrected chi connectivity index (χ1v) is 8.02. The van der Waals surface area contributed by atoms with Crippen LogP contribution in [0.1, 0.15) is 34.0 Å². The van der Waals surface area contributed by atoms with Gasteiger partial charge in [-0.25, -0.2) is 0 Å². The molecule has 1 atom stereocenters. The van der Waals surface area contributed by atoms with Crippen LogP contribution in [0.4, 0.5) is 0 Å². The Morgan fingerprint density at radius 3 is 2.29 bits per heavy atom. The maximum absolute atomic E-state index is 12.7. The highest BCUT2D eigenvalue weighted by Gasteiger charge is 2.21. The number of methoxy groups -OCH3 is 1. The van der Waals surface area contributed by atoms with Crippen LogP contribution >= 0.6 is 0 Å². The van der Waals surface area contributed by atoms with Crippen LogP contribution in [0.15, 0.2) is 72.9 Å². The predicted octanol–water partition coefficient (Wildman–Crippen LogP) is 4.44. The molecule has 0 aliphatic carbocycles. The molecule has 3 aromatic rings. The fourth-order valence-electron chi connectivity index (χ4n) is 2.99. The number of carbonyl (C=O) groups excluding carboxylic acids is 1. The minimum Gasteiger partial charge on any atom is -0.497 e. The Morgan fingerprint density at radius 1 is 1.00 bits per heavy atom. The Labute approximate surface area is 142 Å². The number of hydrogen-bond acceptors (Lipinski definition) is 2. The van der Waals surface area contributed by atoms with E-state index < -0.39 is 0 Å². The van der Waals surface area contributed by atoms with E-state index in [1.54, 1.807) is 7.11 Å². The average molecular weight is 319 g/mol. The van der Waals surface area contributed by atoms with Gasteiger partial charge in [0.1, 0.15) is 5.75 Å². The van der Waals surface area contributed by atoms with Gasteiger partial charge in [-0.1, -0.05) is 42.5 Å². The zero-order valence-corrected chi connectivity index (χ0v) is 14.0. The summed E-state index contributed by atoms with van der Waals surface area (Å²) in [5, 5.41) is 0. The number of aromatic nitrogens is 1. The molecular formula is C21H21NO2. The molecule has 3 heteroatoms. The SMILES string of the molecule is COc1ccc(C(CC(=O)c2ccccc2)c2cccn2C)cc1. The van der Waals surface area contributed by atoms with Gasteiger partial charge in [-0.3, -0.25) is 4.79 Å². The van der Waals surface area contributed by atoms with Crippen LogP contribution < -0.4 is 4.74 Å². The van der Waals surface area contributed by atoms with Crippen LogP contribution in [0.3, 0.4) is 0 Å². The zero-order chi connectivity index (χ0) is 16.9. The molecule has 1 aromatic heterocycles. The van der Waals surface area contributed by atoms with Crippen LogP contribution in [-0.2, 0) is 7.05 Å². The van der Waals surface area contributed by atoms with E-state index in [1.165, 1.54) is 0 Å². The molecule has 3 rings (SSSR count). The molecule has 122 valence electrons. The molecule has 0 spiro atoms. The smallest absolute Gasteiger partial charge is 0.163 e. The zero-order valence-electron chi connectivity index (χ0n) is 14.0. The molecule has 0 fully saturated rings. The van der Waals surface area contributed by atoms with Gasteiger partial charge in [0.2, 0.25) is 0 Å². The van der Waals surface area contributed by atoms with Crippen molar-refractivity contribution in [1.29, 1.82) is 0 Å². The van der Waals surface area contributed by atoms with E-state index in [0.717, 1.165) is 22.6 Å². The summed E-state index contributed by atoms with van der Waals surface area (Å²) in [6.45, 7) is 0. The first-order valence-electron chi connectivity index (χ1n) is 8.02. The standard InChI is InChI=1S/C21H21NO2/c1-22-14-6-9-20(22)19(16-10-12-18(24-2)13-11-16)15-21(23)17-7-4-3-5-8-17/h3-14,19H,15H2,1-2H3. The topological polar surface area (TPSA) is 31.2 Å². The third-order valence-electron chi connectivity index (χ3n) is 4.34. The quantitative estimate of drug-likeness (QED) is 0.629. The number of carbonyl (C=O) groups is 1. The van der Waals surface area contributed by atoms with Gasteiger partial charge in [0.15, 0.2) is 5.78 Å². The first kappa shape index (κ1) is 16.1. The van der Waals surface area contributed by atoms with Crippen LogP contribution in [0, 0.1) is 0 Å². The van der Waals surface area contributed by atoms with Crippen molar-refractivity contribution in [2.24, 2.45) is 7.05 Å². The molecule has 0 radical (unpaired) electrons. The highest BCUT2D eigenvalue weighted by molar-refractivity contribution is 5.96. The van der Waals surface area contributed by atoms with E-state index in [-0.39, 0.29) is 11.7 Å². The summed E-state index contributed by atoms with van der Waals surface area (Å²) in [7, 11) is 3.67. The minimum atomic E-state index is 0.0172. The summed E-state index contributed by atoms with van der Waals surface area (Å²) in [6.07, 6.45) is 2.45. The van der Waals surface area contributed by atoms with Crippen LogP contribution in [0.25, 0.3) is 0 Å². The summed E-state index contributed by atoms with van der Waals surface area (Å²) >= 11 is 0. The molecule has 2 aromatic carbocycles. The van der Waals surface area contributed by atoms with Gasteiger partial charge in [-0.05, 0) is 29.8 Å².